The van der Waals surface area contributed by atoms with Crippen molar-refractivity contribution in [2.45, 2.75) is 0 Å². The Morgan fingerprint density at radius 2 is 1.09 bits per heavy atom. The molecule has 1 aromatic heterocycles. The molecule has 1 nitrogen and oxygen atoms in total. The summed E-state index contributed by atoms with van der Waals surface area (Å²) < 4.78 is 2.55. The topological polar surface area (TPSA) is 23.9 Å². The fourth-order valence-electron chi connectivity index (χ4n) is 6.64. The molecule has 0 aliphatic carbocycles. The van der Waals surface area contributed by atoms with Crippen LogP contribution in [0.3, 0.4) is 0 Å². The second-order valence-electron chi connectivity index (χ2n) is 10.9. The Balaban J connectivity index is 1.38. The Morgan fingerprint density at radius 3 is 1.88 bits per heavy atom. The maximum absolute atomic E-state index is 8.11. The van der Waals surface area contributed by atoms with Crippen LogP contribution < -0.4 is 10.4 Å². The number of hydrogen-bond acceptors (Lipinski definition) is 2. The van der Waals surface area contributed by atoms with E-state index in [0.29, 0.717) is 0 Å². The molecule has 0 spiro atoms. The van der Waals surface area contributed by atoms with Crippen molar-refractivity contribution in [3.63, 3.8) is 0 Å². The Morgan fingerprint density at radius 1 is 0.512 bits per heavy atom. The molecule has 0 amide bonds. The highest BCUT2D eigenvalue weighted by atomic mass is 32.1. The van der Waals surface area contributed by atoms with E-state index in [9.17, 15) is 0 Å². The summed E-state index contributed by atoms with van der Waals surface area (Å²) in [5.41, 5.74) is 6.98. The molecule has 43 heavy (non-hydrogen) atoms. The molecule has 0 atom stereocenters. The van der Waals surface area contributed by atoms with E-state index in [0.717, 1.165) is 27.1 Å². The van der Waals surface area contributed by atoms with Gasteiger partial charge in [0, 0.05) is 32.0 Å². The lowest BCUT2D eigenvalue weighted by molar-refractivity contribution is 1.53. The van der Waals surface area contributed by atoms with Crippen molar-refractivity contribution < 1.29 is 0 Å². The van der Waals surface area contributed by atoms with Crippen molar-refractivity contribution in [2.24, 2.45) is 0 Å². The molecule has 1 N–H and O–H groups in total. The first-order chi connectivity index (χ1) is 21.2. The minimum atomic E-state index is 0.938. The SMILES string of the molecule is C=c1c(-c2ccc(-c3cccc4ccccc34)cc2)c2ccccc2c(-c2cccc3c2sc2ccccc23)/c1=C/C=N. The van der Waals surface area contributed by atoms with E-state index in [1.54, 1.807) is 0 Å². The summed E-state index contributed by atoms with van der Waals surface area (Å²) in [7, 11) is 0. The largest absolute Gasteiger partial charge is 0.309 e. The lowest BCUT2D eigenvalue weighted by atomic mass is 9.87. The summed E-state index contributed by atoms with van der Waals surface area (Å²) in [5, 5.41) is 17.4. The van der Waals surface area contributed by atoms with Gasteiger partial charge in [0.15, 0.2) is 0 Å². The number of hydrogen-bond donors (Lipinski definition) is 1. The van der Waals surface area contributed by atoms with Crippen LogP contribution in [-0.2, 0) is 0 Å². The first-order valence-corrected chi connectivity index (χ1v) is 15.3. The predicted molar refractivity (Wildman–Crippen MR) is 189 cm³/mol. The zero-order chi connectivity index (χ0) is 28.9. The summed E-state index contributed by atoms with van der Waals surface area (Å²) in [4.78, 5) is 0. The van der Waals surface area contributed by atoms with Crippen molar-refractivity contribution in [1.82, 2.24) is 0 Å². The maximum Gasteiger partial charge on any atom is 0.0434 e. The van der Waals surface area contributed by atoms with Crippen LogP contribution >= 0.6 is 11.3 Å². The van der Waals surface area contributed by atoms with E-state index in [1.807, 2.05) is 17.4 Å². The number of fused-ring (bicyclic) bond motifs is 5. The summed E-state index contributed by atoms with van der Waals surface area (Å²) in [6.07, 6.45) is 3.30. The summed E-state index contributed by atoms with van der Waals surface area (Å²) in [5.74, 6) is 0. The number of thiophene rings is 1. The standard InChI is InChI=1S/C41H27NS/c1-26-30(24-25-42)40(37-18-9-17-36-33-13-6-7-19-38(33)43-41(36)37)35-15-5-4-14-34(35)39(26)29-22-20-28(21-23-29)32-16-8-11-27-10-2-3-12-31(27)32/h2-25,42H,1H2/b30-24+,42-25?. The molecule has 0 unspecified atom stereocenters. The number of benzene rings is 7. The molecule has 7 aromatic carbocycles. The minimum Gasteiger partial charge on any atom is -0.309 e. The molecular weight excluding hydrogens is 539 g/mol. The monoisotopic (exact) mass is 565 g/mol. The third kappa shape index (κ3) is 4.03. The summed E-state index contributed by atoms with van der Waals surface area (Å²) >= 11 is 1.83. The second-order valence-corrected chi connectivity index (χ2v) is 12.0. The molecular formula is C41H27NS. The summed E-state index contributed by atoms with van der Waals surface area (Å²) in [6, 6.07) is 47.8. The first-order valence-electron chi connectivity index (χ1n) is 14.5. The molecule has 8 aromatic rings. The van der Waals surface area contributed by atoms with Crippen molar-refractivity contribution in [2.75, 3.05) is 0 Å². The van der Waals surface area contributed by atoms with Crippen molar-refractivity contribution in [3.8, 4) is 33.4 Å². The lowest BCUT2D eigenvalue weighted by Crippen LogP contribution is -2.28. The Bertz CT molecular complexity index is 2480. The zero-order valence-corrected chi connectivity index (χ0v) is 24.3. The molecule has 0 fully saturated rings. The van der Waals surface area contributed by atoms with Gasteiger partial charge < -0.3 is 5.41 Å². The smallest absolute Gasteiger partial charge is 0.0434 e. The van der Waals surface area contributed by atoms with E-state index < -0.39 is 0 Å². The van der Waals surface area contributed by atoms with E-state index >= 15 is 0 Å². The first kappa shape index (κ1) is 25.4. The van der Waals surface area contributed by atoms with Crippen LogP contribution in [-0.4, -0.2) is 6.21 Å². The highest BCUT2D eigenvalue weighted by molar-refractivity contribution is 7.26. The van der Waals surface area contributed by atoms with Gasteiger partial charge in [0.25, 0.3) is 0 Å². The van der Waals surface area contributed by atoms with Crippen molar-refractivity contribution in [1.29, 1.82) is 5.41 Å². The van der Waals surface area contributed by atoms with Gasteiger partial charge in [-0.1, -0.05) is 134 Å². The van der Waals surface area contributed by atoms with Crippen LogP contribution in [0.1, 0.15) is 0 Å². The van der Waals surface area contributed by atoms with Crippen LogP contribution in [0.25, 0.3) is 87.8 Å². The normalized spacial score (nSPS) is 12.0. The summed E-state index contributed by atoms with van der Waals surface area (Å²) in [6.45, 7) is 4.66. The van der Waals surface area contributed by atoms with Crippen LogP contribution in [0.4, 0.5) is 0 Å². The van der Waals surface area contributed by atoms with Gasteiger partial charge in [0.2, 0.25) is 0 Å². The lowest BCUT2D eigenvalue weighted by Gasteiger charge is -2.16. The molecule has 8 rings (SSSR count). The van der Waals surface area contributed by atoms with E-state index in [2.05, 4.69) is 140 Å². The van der Waals surface area contributed by atoms with Crippen molar-refractivity contribution >= 4 is 71.9 Å². The molecule has 0 saturated heterocycles. The van der Waals surface area contributed by atoms with E-state index in [-0.39, 0.29) is 0 Å². The second kappa shape index (κ2) is 10.2. The van der Waals surface area contributed by atoms with Crippen LogP contribution in [0.5, 0.6) is 0 Å². The molecule has 0 saturated carbocycles. The highest BCUT2D eigenvalue weighted by Gasteiger charge is 2.17. The van der Waals surface area contributed by atoms with Crippen molar-refractivity contribution in [3.05, 3.63) is 144 Å². The predicted octanol–water partition coefficient (Wildman–Crippen LogP) is 10.2. The highest BCUT2D eigenvalue weighted by Crippen LogP contribution is 2.41. The maximum atomic E-state index is 8.11. The van der Waals surface area contributed by atoms with Gasteiger partial charge in [0.05, 0.1) is 0 Å². The molecule has 0 aliphatic heterocycles. The van der Waals surface area contributed by atoms with Gasteiger partial charge in [-0.25, -0.2) is 0 Å². The van der Waals surface area contributed by atoms with Crippen LogP contribution in [0.15, 0.2) is 133 Å². The van der Waals surface area contributed by atoms with E-state index in [4.69, 9.17) is 5.41 Å². The van der Waals surface area contributed by atoms with Gasteiger partial charge in [0.1, 0.15) is 0 Å². The number of rotatable bonds is 4. The molecule has 202 valence electrons. The Labute approximate surface area is 253 Å². The number of nitrogens with one attached hydrogen (secondary N) is 1. The fourth-order valence-corrected chi connectivity index (χ4v) is 7.86. The molecule has 0 bridgehead atoms. The Kier molecular flexibility index (Phi) is 6.03. The third-order valence-electron chi connectivity index (χ3n) is 8.56. The third-order valence-corrected chi connectivity index (χ3v) is 9.78. The molecule has 2 heteroatoms. The Hall–Kier alpha value is -5.31. The van der Waals surface area contributed by atoms with Crippen LogP contribution in [0, 0.1) is 5.41 Å². The quantitative estimate of drug-likeness (QED) is 0.205. The molecule has 0 radical (unpaired) electrons. The molecule has 1 heterocycles. The van der Waals surface area contributed by atoms with Crippen LogP contribution in [0.2, 0.25) is 0 Å². The van der Waals surface area contributed by atoms with Gasteiger partial charge in [-0.05, 0) is 71.9 Å². The van der Waals surface area contributed by atoms with Gasteiger partial charge in [-0.15, -0.1) is 11.3 Å². The van der Waals surface area contributed by atoms with Gasteiger partial charge in [-0.3, -0.25) is 0 Å². The average molecular weight is 566 g/mol. The zero-order valence-electron chi connectivity index (χ0n) is 23.5. The van der Waals surface area contributed by atoms with E-state index in [1.165, 1.54) is 64.6 Å². The minimum absolute atomic E-state index is 0.938. The fraction of sp³-hybridized carbons (Fsp3) is 0. The average Bonchev–Trinajstić information content (AvgIpc) is 3.44. The molecule has 0 aliphatic rings. The van der Waals surface area contributed by atoms with Gasteiger partial charge in [-0.2, -0.15) is 0 Å². The van der Waals surface area contributed by atoms with Gasteiger partial charge >= 0.3 is 0 Å².